The van der Waals surface area contributed by atoms with Crippen LogP contribution < -0.4 is 16.0 Å². The number of amides is 2. The molecule has 2 fully saturated rings. The van der Waals surface area contributed by atoms with Crippen LogP contribution in [0.1, 0.15) is 38.5 Å². The molecular weight excluding hydrogens is 388 g/mol. The molecule has 2 atom stereocenters. The van der Waals surface area contributed by atoms with Crippen molar-refractivity contribution >= 4 is 29.1 Å². The number of benzene rings is 1. The number of hydrogen-bond donors (Lipinski definition) is 2. The first-order valence-electron chi connectivity index (χ1n) is 10.8. The van der Waals surface area contributed by atoms with E-state index in [0.717, 1.165) is 82.0 Å². The molecule has 1 saturated carbocycles. The summed E-state index contributed by atoms with van der Waals surface area (Å²) in [6, 6.07) is 8.01. The summed E-state index contributed by atoms with van der Waals surface area (Å²) < 4.78 is 0. The standard InChI is InChI=1S/C22H33ClN4O2/c23-19-9-3-4-10-20(19)27-15-13-26(14-16-27)12-6-5-11-25-22(29)18-8-2-1-7-17(18)21(24)28/h3-4,9-10,17-18H,1-2,5-8,11-16H2,(H2,24,28)(H,25,29). The van der Waals surface area contributed by atoms with Crippen LogP contribution in [0, 0.1) is 11.8 Å². The lowest BCUT2D eigenvalue weighted by Crippen LogP contribution is -2.46. The molecule has 1 aromatic carbocycles. The Hall–Kier alpha value is -1.79. The highest BCUT2D eigenvalue weighted by Gasteiger charge is 2.34. The Bertz CT molecular complexity index is 691. The van der Waals surface area contributed by atoms with Gasteiger partial charge in [-0.15, -0.1) is 0 Å². The first-order chi connectivity index (χ1) is 14.1. The molecule has 0 aromatic heterocycles. The van der Waals surface area contributed by atoms with Gasteiger partial charge in [0, 0.05) is 44.6 Å². The molecule has 7 heteroatoms. The Morgan fingerprint density at radius 3 is 2.41 bits per heavy atom. The fraction of sp³-hybridized carbons (Fsp3) is 0.636. The third-order valence-corrected chi connectivity index (χ3v) is 6.55. The maximum Gasteiger partial charge on any atom is 0.223 e. The monoisotopic (exact) mass is 420 g/mol. The normalized spacial score (nSPS) is 23.0. The van der Waals surface area contributed by atoms with Gasteiger partial charge < -0.3 is 16.0 Å². The Morgan fingerprint density at radius 2 is 1.72 bits per heavy atom. The summed E-state index contributed by atoms with van der Waals surface area (Å²) in [6.07, 6.45) is 5.51. The van der Waals surface area contributed by atoms with E-state index in [2.05, 4.69) is 21.2 Å². The maximum absolute atomic E-state index is 12.4. The van der Waals surface area contributed by atoms with Gasteiger partial charge >= 0.3 is 0 Å². The molecule has 2 unspecified atom stereocenters. The van der Waals surface area contributed by atoms with Crippen molar-refractivity contribution in [2.45, 2.75) is 38.5 Å². The van der Waals surface area contributed by atoms with Gasteiger partial charge in [0.15, 0.2) is 0 Å². The van der Waals surface area contributed by atoms with E-state index in [1.54, 1.807) is 0 Å². The van der Waals surface area contributed by atoms with E-state index >= 15 is 0 Å². The SMILES string of the molecule is NC(=O)C1CCCCC1C(=O)NCCCCN1CCN(c2ccccc2Cl)CC1. The smallest absolute Gasteiger partial charge is 0.223 e. The number of carbonyl (C=O) groups is 2. The van der Waals surface area contributed by atoms with E-state index in [0.29, 0.717) is 6.54 Å². The van der Waals surface area contributed by atoms with Gasteiger partial charge in [0.1, 0.15) is 0 Å². The molecule has 29 heavy (non-hydrogen) atoms. The average Bonchev–Trinajstić information content (AvgIpc) is 2.74. The van der Waals surface area contributed by atoms with Crippen molar-refractivity contribution in [1.29, 1.82) is 0 Å². The summed E-state index contributed by atoms with van der Waals surface area (Å²) in [6.45, 7) is 5.73. The number of hydrogen-bond acceptors (Lipinski definition) is 4. The zero-order chi connectivity index (χ0) is 20.6. The maximum atomic E-state index is 12.4. The van der Waals surface area contributed by atoms with Gasteiger partial charge in [-0.2, -0.15) is 0 Å². The van der Waals surface area contributed by atoms with Gasteiger partial charge in [-0.3, -0.25) is 14.5 Å². The van der Waals surface area contributed by atoms with Crippen LogP contribution in [0.25, 0.3) is 0 Å². The Balaban J connectivity index is 1.31. The number of unbranched alkanes of at least 4 members (excludes halogenated alkanes) is 1. The Morgan fingerprint density at radius 1 is 1.03 bits per heavy atom. The Labute approximate surface area is 178 Å². The lowest BCUT2D eigenvalue weighted by atomic mass is 9.78. The number of halogens is 1. The second kappa shape index (κ2) is 10.8. The molecule has 3 N–H and O–H groups in total. The molecule has 1 aliphatic heterocycles. The number of piperazine rings is 1. The van der Waals surface area contributed by atoms with Crippen molar-refractivity contribution in [2.24, 2.45) is 17.6 Å². The summed E-state index contributed by atoms with van der Waals surface area (Å²) in [7, 11) is 0. The van der Waals surface area contributed by atoms with Crippen LogP contribution in [0.5, 0.6) is 0 Å². The highest BCUT2D eigenvalue weighted by Crippen LogP contribution is 2.30. The minimum absolute atomic E-state index is 0.00172. The molecule has 0 bridgehead atoms. The number of carbonyl (C=O) groups excluding carboxylic acids is 2. The van der Waals surface area contributed by atoms with Gasteiger partial charge in [-0.25, -0.2) is 0 Å². The predicted octanol–water partition coefficient (Wildman–Crippen LogP) is 2.65. The molecule has 6 nitrogen and oxygen atoms in total. The molecule has 0 radical (unpaired) electrons. The first kappa shape index (κ1) is 21.9. The van der Waals surface area contributed by atoms with E-state index in [-0.39, 0.29) is 23.7 Å². The van der Waals surface area contributed by atoms with Crippen molar-refractivity contribution in [2.75, 3.05) is 44.2 Å². The molecule has 1 saturated heterocycles. The van der Waals surface area contributed by atoms with Crippen molar-refractivity contribution < 1.29 is 9.59 Å². The van der Waals surface area contributed by atoms with Gasteiger partial charge in [-0.1, -0.05) is 36.6 Å². The predicted molar refractivity (Wildman–Crippen MR) is 117 cm³/mol. The molecule has 3 rings (SSSR count). The molecule has 1 heterocycles. The molecule has 2 amide bonds. The number of anilines is 1. The third kappa shape index (κ3) is 6.09. The van der Waals surface area contributed by atoms with Gasteiger partial charge in [0.05, 0.1) is 10.7 Å². The molecule has 1 aliphatic carbocycles. The number of nitrogens with zero attached hydrogens (tertiary/aromatic N) is 2. The summed E-state index contributed by atoms with van der Waals surface area (Å²) in [5.41, 5.74) is 6.59. The summed E-state index contributed by atoms with van der Waals surface area (Å²) in [4.78, 5) is 28.8. The largest absolute Gasteiger partial charge is 0.369 e. The van der Waals surface area contributed by atoms with Gasteiger partial charge in [0.25, 0.3) is 0 Å². The summed E-state index contributed by atoms with van der Waals surface area (Å²) in [5, 5.41) is 3.83. The number of nitrogens with one attached hydrogen (secondary N) is 1. The Kier molecular flexibility index (Phi) is 8.19. The fourth-order valence-electron chi connectivity index (χ4n) is 4.51. The van der Waals surface area contributed by atoms with Crippen molar-refractivity contribution in [1.82, 2.24) is 10.2 Å². The van der Waals surface area contributed by atoms with Crippen LogP contribution in [0.2, 0.25) is 5.02 Å². The average molecular weight is 421 g/mol. The summed E-state index contributed by atoms with van der Waals surface area (Å²) >= 11 is 6.30. The minimum Gasteiger partial charge on any atom is -0.369 e. The van der Waals surface area contributed by atoms with Crippen molar-refractivity contribution in [3.8, 4) is 0 Å². The minimum atomic E-state index is -0.333. The molecule has 2 aliphatic rings. The highest BCUT2D eigenvalue weighted by molar-refractivity contribution is 6.33. The zero-order valence-corrected chi connectivity index (χ0v) is 17.9. The van der Waals surface area contributed by atoms with E-state index in [1.165, 1.54) is 0 Å². The number of nitrogens with two attached hydrogens (primary N) is 1. The fourth-order valence-corrected chi connectivity index (χ4v) is 4.76. The molecule has 1 aromatic rings. The van der Waals surface area contributed by atoms with E-state index in [9.17, 15) is 9.59 Å². The molecule has 0 spiro atoms. The topological polar surface area (TPSA) is 78.7 Å². The number of primary amides is 1. The lowest BCUT2D eigenvalue weighted by Gasteiger charge is -2.36. The third-order valence-electron chi connectivity index (χ3n) is 6.23. The van der Waals surface area contributed by atoms with Crippen LogP contribution in [-0.2, 0) is 9.59 Å². The zero-order valence-electron chi connectivity index (χ0n) is 17.1. The van der Waals surface area contributed by atoms with Crippen LogP contribution in [0.4, 0.5) is 5.69 Å². The number of rotatable bonds is 8. The van der Waals surface area contributed by atoms with Gasteiger partial charge in [-0.05, 0) is 44.4 Å². The molecule has 160 valence electrons. The van der Waals surface area contributed by atoms with Crippen LogP contribution >= 0.6 is 11.6 Å². The summed E-state index contributed by atoms with van der Waals surface area (Å²) in [5.74, 6) is -0.861. The second-order valence-electron chi connectivity index (χ2n) is 8.18. The van der Waals surface area contributed by atoms with Crippen molar-refractivity contribution in [3.05, 3.63) is 29.3 Å². The highest BCUT2D eigenvalue weighted by atomic mass is 35.5. The van der Waals surface area contributed by atoms with Crippen LogP contribution in [0.3, 0.4) is 0 Å². The van der Waals surface area contributed by atoms with Crippen LogP contribution in [-0.4, -0.2) is 56.0 Å². The number of para-hydroxylation sites is 1. The second-order valence-corrected chi connectivity index (χ2v) is 8.59. The molecular formula is C22H33ClN4O2. The quantitative estimate of drug-likeness (QED) is 0.633. The van der Waals surface area contributed by atoms with E-state index in [4.69, 9.17) is 17.3 Å². The lowest BCUT2D eigenvalue weighted by molar-refractivity contribution is -0.134. The van der Waals surface area contributed by atoms with Crippen molar-refractivity contribution in [3.63, 3.8) is 0 Å². The van der Waals surface area contributed by atoms with Crippen LogP contribution in [0.15, 0.2) is 24.3 Å². The van der Waals surface area contributed by atoms with E-state index in [1.807, 2.05) is 18.2 Å². The van der Waals surface area contributed by atoms with E-state index < -0.39 is 0 Å². The first-order valence-corrected chi connectivity index (χ1v) is 11.2. The van der Waals surface area contributed by atoms with Gasteiger partial charge in [0.2, 0.25) is 11.8 Å².